The topological polar surface area (TPSA) is 81.4 Å². The number of rotatable bonds is 3. The minimum atomic E-state index is -0.353. The van der Waals surface area contributed by atoms with E-state index in [1.165, 1.54) is 29.5 Å². The average Bonchev–Trinajstić information content (AvgIpc) is 2.90. The first kappa shape index (κ1) is 13.4. The molecule has 0 radical (unpaired) electrons. The minimum absolute atomic E-state index is 0.00822. The smallest absolute Gasteiger partial charge is 0.258 e. The fourth-order valence-electron chi connectivity index (χ4n) is 1.75. The molecule has 0 saturated heterocycles. The summed E-state index contributed by atoms with van der Waals surface area (Å²) in [5.74, 6) is 0.0442. The lowest BCUT2D eigenvalue weighted by atomic mass is 10.2. The fraction of sp³-hybridized carbons (Fsp3) is 0.0833. The van der Waals surface area contributed by atoms with Crippen molar-refractivity contribution in [2.75, 3.05) is 5.32 Å². The largest absolute Gasteiger partial charge is 0.324 e. The molecule has 0 aliphatic heterocycles. The molecule has 2 heterocycles. The predicted molar refractivity (Wildman–Crippen MR) is 74.2 cm³/mol. The third kappa shape index (κ3) is 3.11. The molecule has 0 unspecified atom stereocenters. The van der Waals surface area contributed by atoms with Crippen LogP contribution in [0.5, 0.6) is 0 Å². The number of anilines is 2. The number of nitrogens with zero attached hydrogens (tertiary/aromatic N) is 6. The summed E-state index contributed by atoms with van der Waals surface area (Å²) in [7, 11) is 0. The monoisotopic (exact) mass is 305 g/mol. The average molecular weight is 306 g/mol. The van der Waals surface area contributed by atoms with E-state index in [1.54, 1.807) is 13.0 Å². The molecule has 0 fully saturated rings. The van der Waals surface area contributed by atoms with Gasteiger partial charge < -0.3 is 5.32 Å². The van der Waals surface area contributed by atoms with Crippen molar-refractivity contribution in [3.05, 3.63) is 47.5 Å². The zero-order valence-electron chi connectivity index (χ0n) is 10.8. The predicted octanol–water partition coefficient (Wildman–Crippen LogP) is 2.30. The molecule has 106 valence electrons. The van der Waals surface area contributed by atoms with Crippen LogP contribution < -0.4 is 5.32 Å². The minimum Gasteiger partial charge on any atom is -0.324 e. The van der Waals surface area contributed by atoms with Gasteiger partial charge in [0.05, 0.1) is 0 Å². The molecule has 3 rings (SSSR count). The third-order valence-corrected chi connectivity index (χ3v) is 2.69. The van der Waals surface area contributed by atoms with Gasteiger partial charge in [0.2, 0.25) is 11.2 Å². The Morgan fingerprint density at radius 2 is 2.05 bits per heavy atom. The number of aromatic nitrogens is 6. The Balaban J connectivity index is 1.95. The Kier molecular flexibility index (Phi) is 3.44. The molecule has 7 nitrogen and oxygen atoms in total. The molecule has 0 atom stereocenters. The highest BCUT2D eigenvalue weighted by molar-refractivity contribution is 6.28. The van der Waals surface area contributed by atoms with E-state index in [4.69, 9.17) is 11.6 Å². The van der Waals surface area contributed by atoms with E-state index in [0.29, 0.717) is 5.69 Å². The van der Waals surface area contributed by atoms with Crippen molar-refractivity contribution in [2.24, 2.45) is 0 Å². The summed E-state index contributed by atoms with van der Waals surface area (Å²) in [5.41, 5.74) is 1.29. The van der Waals surface area contributed by atoms with Crippen LogP contribution in [0.2, 0.25) is 5.28 Å². The summed E-state index contributed by atoms with van der Waals surface area (Å²) in [6, 6.07) is 4.52. The van der Waals surface area contributed by atoms with Gasteiger partial charge in [-0.25, -0.2) is 9.37 Å². The van der Waals surface area contributed by atoms with Crippen LogP contribution in [-0.4, -0.2) is 29.7 Å². The van der Waals surface area contributed by atoms with E-state index in [9.17, 15) is 4.39 Å². The molecule has 0 saturated carbocycles. The molecule has 0 spiro atoms. The van der Waals surface area contributed by atoms with Gasteiger partial charge in [0, 0.05) is 5.69 Å². The summed E-state index contributed by atoms with van der Waals surface area (Å²) in [6.07, 6.45) is 2.78. The SMILES string of the molecule is Cc1cc(F)cc(Nc2nc(Cl)nc(-n3cncn3)n2)c1. The van der Waals surface area contributed by atoms with Crippen LogP contribution in [-0.2, 0) is 0 Å². The molecule has 3 aromatic rings. The van der Waals surface area contributed by atoms with Crippen molar-refractivity contribution in [3.8, 4) is 5.95 Å². The maximum absolute atomic E-state index is 13.4. The third-order valence-electron chi connectivity index (χ3n) is 2.52. The van der Waals surface area contributed by atoms with Crippen LogP contribution >= 0.6 is 11.6 Å². The standard InChI is InChI=1S/C12H9ClFN7/c1-7-2-8(14)4-9(3-7)17-11-18-10(13)19-12(20-11)21-6-15-5-16-21/h2-6H,1H3,(H,17,18,19,20). The van der Waals surface area contributed by atoms with Gasteiger partial charge in [0.1, 0.15) is 18.5 Å². The van der Waals surface area contributed by atoms with Gasteiger partial charge in [-0.3, -0.25) is 0 Å². The van der Waals surface area contributed by atoms with Crippen LogP contribution in [0.25, 0.3) is 5.95 Å². The van der Waals surface area contributed by atoms with E-state index in [1.807, 2.05) is 0 Å². The molecule has 9 heteroatoms. The number of benzene rings is 1. The van der Waals surface area contributed by atoms with Crippen molar-refractivity contribution < 1.29 is 4.39 Å². The maximum Gasteiger partial charge on any atom is 0.258 e. The first-order chi connectivity index (χ1) is 10.1. The van der Waals surface area contributed by atoms with Gasteiger partial charge in [-0.2, -0.15) is 24.7 Å². The van der Waals surface area contributed by atoms with E-state index in [-0.39, 0.29) is 23.0 Å². The van der Waals surface area contributed by atoms with Crippen LogP contribution in [0, 0.1) is 12.7 Å². The second-order valence-electron chi connectivity index (χ2n) is 4.21. The van der Waals surface area contributed by atoms with E-state index in [0.717, 1.165) is 5.56 Å². The van der Waals surface area contributed by atoms with Crippen molar-refractivity contribution in [3.63, 3.8) is 0 Å². The van der Waals surface area contributed by atoms with Crippen molar-refractivity contribution in [1.29, 1.82) is 0 Å². The van der Waals surface area contributed by atoms with Gasteiger partial charge in [-0.15, -0.1) is 0 Å². The fourth-order valence-corrected chi connectivity index (χ4v) is 1.90. The summed E-state index contributed by atoms with van der Waals surface area (Å²) < 4.78 is 14.7. The van der Waals surface area contributed by atoms with Crippen LogP contribution in [0.4, 0.5) is 16.0 Å². The summed E-state index contributed by atoms with van der Waals surface area (Å²) in [6.45, 7) is 1.79. The Bertz CT molecular complexity index is 755. The maximum atomic E-state index is 13.4. The molecule has 1 aromatic carbocycles. The van der Waals surface area contributed by atoms with Crippen molar-refractivity contribution in [1.82, 2.24) is 29.7 Å². The lowest BCUT2D eigenvalue weighted by molar-refractivity contribution is 0.627. The molecule has 1 N–H and O–H groups in total. The molecule has 0 aliphatic carbocycles. The summed E-state index contributed by atoms with van der Waals surface area (Å²) in [4.78, 5) is 15.8. The highest BCUT2D eigenvalue weighted by atomic mass is 35.5. The molecule has 0 bridgehead atoms. The molecular formula is C12H9ClFN7. The Morgan fingerprint density at radius 1 is 1.19 bits per heavy atom. The highest BCUT2D eigenvalue weighted by Gasteiger charge is 2.08. The molecule has 0 amide bonds. The van der Waals surface area contributed by atoms with E-state index < -0.39 is 0 Å². The quantitative estimate of drug-likeness (QED) is 0.799. The zero-order chi connectivity index (χ0) is 14.8. The molecular weight excluding hydrogens is 297 g/mol. The number of halogens is 2. The number of hydrogen-bond acceptors (Lipinski definition) is 6. The van der Waals surface area contributed by atoms with Gasteiger partial charge in [-0.05, 0) is 42.3 Å². The van der Waals surface area contributed by atoms with Crippen LogP contribution in [0.3, 0.4) is 0 Å². The number of hydrogen-bond donors (Lipinski definition) is 1. The van der Waals surface area contributed by atoms with E-state index >= 15 is 0 Å². The van der Waals surface area contributed by atoms with E-state index in [2.05, 4.69) is 30.4 Å². The zero-order valence-corrected chi connectivity index (χ0v) is 11.6. The van der Waals surface area contributed by atoms with Crippen LogP contribution in [0.15, 0.2) is 30.9 Å². The van der Waals surface area contributed by atoms with Gasteiger partial charge in [0.25, 0.3) is 5.95 Å². The van der Waals surface area contributed by atoms with Gasteiger partial charge in [0.15, 0.2) is 0 Å². The Hall–Kier alpha value is -2.61. The Morgan fingerprint density at radius 3 is 2.76 bits per heavy atom. The normalized spacial score (nSPS) is 10.6. The first-order valence-corrected chi connectivity index (χ1v) is 6.29. The number of aryl methyl sites for hydroxylation is 1. The molecule has 2 aromatic heterocycles. The number of nitrogens with one attached hydrogen (secondary N) is 1. The van der Waals surface area contributed by atoms with Gasteiger partial charge in [-0.1, -0.05) is 0 Å². The lowest BCUT2D eigenvalue weighted by Crippen LogP contribution is -2.07. The van der Waals surface area contributed by atoms with Crippen molar-refractivity contribution >= 4 is 23.2 Å². The van der Waals surface area contributed by atoms with Gasteiger partial charge >= 0.3 is 0 Å². The van der Waals surface area contributed by atoms with Crippen molar-refractivity contribution in [2.45, 2.75) is 6.92 Å². The molecule has 0 aliphatic rings. The van der Waals surface area contributed by atoms with Crippen LogP contribution in [0.1, 0.15) is 5.56 Å². The Labute approximate surface area is 123 Å². The lowest BCUT2D eigenvalue weighted by Gasteiger charge is -2.07. The summed E-state index contributed by atoms with van der Waals surface area (Å²) >= 11 is 5.86. The second-order valence-corrected chi connectivity index (χ2v) is 4.55. The summed E-state index contributed by atoms with van der Waals surface area (Å²) in [5, 5.41) is 6.78. The first-order valence-electron chi connectivity index (χ1n) is 5.91. The molecule has 21 heavy (non-hydrogen) atoms. The highest BCUT2D eigenvalue weighted by Crippen LogP contribution is 2.18. The second kappa shape index (κ2) is 5.41.